The van der Waals surface area contributed by atoms with E-state index in [0.29, 0.717) is 24.5 Å². The molecule has 0 fully saturated rings. The van der Waals surface area contributed by atoms with Crippen LogP contribution in [0.4, 0.5) is 0 Å². The average Bonchev–Trinajstić information content (AvgIpc) is 2.46. The van der Waals surface area contributed by atoms with Gasteiger partial charge in [-0.2, -0.15) is 5.26 Å². The van der Waals surface area contributed by atoms with E-state index in [1.165, 1.54) is 0 Å². The normalized spacial score (nSPS) is 16.5. The second kappa shape index (κ2) is 6.64. The summed E-state index contributed by atoms with van der Waals surface area (Å²) in [5, 5.41) is 11.2. The van der Waals surface area contributed by atoms with E-state index in [2.05, 4.69) is 11.4 Å². The molecule has 1 aromatic carbocycles. The number of carbonyl (C=O) groups is 1. The highest BCUT2D eigenvalue weighted by molar-refractivity contribution is 5.81. The monoisotopic (exact) mass is 260 g/mol. The molecule has 5 heteroatoms. The van der Waals surface area contributed by atoms with E-state index in [1.807, 2.05) is 18.2 Å². The zero-order valence-electron chi connectivity index (χ0n) is 10.6. The van der Waals surface area contributed by atoms with Gasteiger partial charge in [-0.05, 0) is 25.0 Å². The summed E-state index contributed by atoms with van der Waals surface area (Å²) in [6.07, 6.45) is 1.50. The van der Waals surface area contributed by atoms with Crippen LogP contribution in [0.25, 0.3) is 0 Å². The summed E-state index contributed by atoms with van der Waals surface area (Å²) in [6, 6.07) is 9.36. The second-order valence-electron chi connectivity index (χ2n) is 4.27. The van der Waals surface area contributed by atoms with E-state index in [9.17, 15) is 4.79 Å². The largest absolute Gasteiger partial charge is 0.485 e. The molecule has 0 saturated carbocycles. The van der Waals surface area contributed by atoms with Crippen LogP contribution in [0.2, 0.25) is 0 Å². The molecule has 0 radical (unpaired) electrons. The molecule has 0 spiro atoms. The van der Waals surface area contributed by atoms with Gasteiger partial charge in [-0.15, -0.1) is 0 Å². The van der Waals surface area contributed by atoms with Gasteiger partial charge < -0.3 is 14.8 Å². The van der Waals surface area contributed by atoms with Gasteiger partial charge in [-0.1, -0.05) is 12.1 Å². The third kappa shape index (κ3) is 3.62. The first-order chi connectivity index (χ1) is 9.31. The predicted molar refractivity (Wildman–Crippen MR) is 68.8 cm³/mol. The lowest BCUT2D eigenvalue weighted by atomic mass is 10.2. The third-order valence-corrected chi connectivity index (χ3v) is 2.82. The molecule has 0 aliphatic carbocycles. The summed E-state index contributed by atoms with van der Waals surface area (Å²) in [7, 11) is 0. The van der Waals surface area contributed by atoms with Crippen LogP contribution in [0, 0.1) is 11.3 Å². The van der Waals surface area contributed by atoms with Crippen LogP contribution >= 0.6 is 0 Å². The Morgan fingerprint density at radius 3 is 2.95 bits per heavy atom. The summed E-state index contributed by atoms with van der Waals surface area (Å²) in [6.45, 7) is 0.781. The molecule has 0 saturated heterocycles. The summed E-state index contributed by atoms with van der Waals surface area (Å²) in [5.41, 5.74) is 0. The Morgan fingerprint density at radius 1 is 1.37 bits per heavy atom. The molecule has 1 N–H and O–H groups in total. The van der Waals surface area contributed by atoms with Crippen molar-refractivity contribution in [3.05, 3.63) is 24.3 Å². The van der Waals surface area contributed by atoms with E-state index in [0.717, 1.165) is 12.8 Å². The highest BCUT2D eigenvalue weighted by Crippen LogP contribution is 2.30. The maximum absolute atomic E-state index is 11.9. The molecule has 100 valence electrons. The maximum Gasteiger partial charge on any atom is 0.264 e. The zero-order chi connectivity index (χ0) is 13.5. The van der Waals surface area contributed by atoms with Gasteiger partial charge in [-0.25, -0.2) is 0 Å². The lowest BCUT2D eigenvalue weighted by molar-refractivity contribution is -0.130. The Balaban J connectivity index is 1.78. The number of ether oxygens (including phenoxy) is 2. The minimum Gasteiger partial charge on any atom is -0.485 e. The lowest BCUT2D eigenvalue weighted by Gasteiger charge is -2.25. The zero-order valence-corrected chi connectivity index (χ0v) is 10.6. The molecule has 1 heterocycles. The summed E-state index contributed by atoms with van der Waals surface area (Å²) >= 11 is 0. The van der Waals surface area contributed by atoms with Crippen molar-refractivity contribution in [3.8, 4) is 17.6 Å². The molecular formula is C14H16N2O3. The number of para-hydroxylation sites is 2. The molecule has 1 unspecified atom stereocenters. The van der Waals surface area contributed by atoms with Gasteiger partial charge in [0.05, 0.1) is 6.07 Å². The molecular weight excluding hydrogens is 244 g/mol. The molecule has 5 nitrogen and oxygen atoms in total. The van der Waals surface area contributed by atoms with E-state index in [-0.39, 0.29) is 12.5 Å². The van der Waals surface area contributed by atoms with E-state index in [1.54, 1.807) is 6.07 Å². The average molecular weight is 260 g/mol. The Labute approximate surface area is 112 Å². The standard InChI is InChI=1S/C14H16N2O3/c15-8-4-1-5-9-16-14(17)13-10-18-11-6-2-3-7-12(11)19-13/h2-3,6-7,13H,1,4-5,9-10H2,(H,16,17). The summed E-state index contributed by atoms with van der Waals surface area (Å²) in [5.74, 6) is 1.09. The molecule has 0 aromatic heterocycles. The second-order valence-corrected chi connectivity index (χ2v) is 4.27. The van der Waals surface area contributed by atoms with Crippen LogP contribution in [0.5, 0.6) is 11.5 Å². The first-order valence-corrected chi connectivity index (χ1v) is 6.34. The van der Waals surface area contributed by atoms with Crippen molar-refractivity contribution in [3.63, 3.8) is 0 Å². The van der Waals surface area contributed by atoms with Gasteiger partial charge in [0.15, 0.2) is 11.5 Å². The molecule has 19 heavy (non-hydrogen) atoms. The quantitative estimate of drug-likeness (QED) is 0.817. The summed E-state index contributed by atoms with van der Waals surface area (Å²) in [4.78, 5) is 11.9. The number of hydrogen-bond donors (Lipinski definition) is 1. The fourth-order valence-corrected chi connectivity index (χ4v) is 1.80. The molecule has 1 aliphatic heterocycles. The Bertz CT molecular complexity index is 482. The van der Waals surface area contributed by atoms with E-state index in [4.69, 9.17) is 14.7 Å². The van der Waals surface area contributed by atoms with Crippen molar-refractivity contribution in [2.75, 3.05) is 13.2 Å². The first-order valence-electron chi connectivity index (χ1n) is 6.34. The third-order valence-electron chi connectivity index (χ3n) is 2.82. The molecule has 1 aromatic rings. The van der Waals surface area contributed by atoms with Gasteiger partial charge in [-0.3, -0.25) is 4.79 Å². The maximum atomic E-state index is 11.9. The Morgan fingerprint density at radius 2 is 2.16 bits per heavy atom. The van der Waals surface area contributed by atoms with Crippen molar-refractivity contribution in [1.29, 1.82) is 5.26 Å². The van der Waals surface area contributed by atoms with Gasteiger partial charge >= 0.3 is 0 Å². The number of amides is 1. The minimum absolute atomic E-state index is 0.175. The van der Waals surface area contributed by atoms with Crippen LogP contribution in [0.3, 0.4) is 0 Å². The van der Waals surface area contributed by atoms with Gasteiger partial charge in [0, 0.05) is 13.0 Å². The Hall–Kier alpha value is -2.22. The predicted octanol–water partition coefficient (Wildman–Crippen LogP) is 1.64. The number of nitrogens with one attached hydrogen (secondary N) is 1. The number of hydrogen-bond acceptors (Lipinski definition) is 4. The molecule has 2 rings (SSSR count). The van der Waals surface area contributed by atoms with Crippen molar-refractivity contribution in [2.45, 2.75) is 25.4 Å². The van der Waals surface area contributed by atoms with Crippen molar-refractivity contribution < 1.29 is 14.3 Å². The van der Waals surface area contributed by atoms with Crippen molar-refractivity contribution in [2.24, 2.45) is 0 Å². The number of nitrogens with zero attached hydrogens (tertiary/aromatic N) is 1. The number of benzene rings is 1. The first kappa shape index (κ1) is 13.2. The van der Waals surface area contributed by atoms with Crippen molar-refractivity contribution >= 4 is 5.91 Å². The molecule has 0 bridgehead atoms. The minimum atomic E-state index is -0.606. The summed E-state index contributed by atoms with van der Waals surface area (Å²) < 4.78 is 11.1. The Kier molecular flexibility index (Phi) is 4.62. The number of fused-ring (bicyclic) bond motifs is 1. The van der Waals surface area contributed by atoms with Crippen LogP contribution in [0.15, 0.2) is 24.3 Å². The topological polar surface area (TPSA) is 71.4 Å². The van der Waals surface area contributed by atoms with E-state index >= 15 is 0 Å². The molecule has 1 atom stereocenters. The highest BCUT2D eigenvalue weighted by Gasteiger charge is 2.26. The SMILES string of the molecule is N#CCCCCNC(=O)C1COc2ccccc2O1. The van der Waals surface area contributed by atoms with Crippen LogP contribution in [0.1, 0.15) is 19.3 Å². The van der Waals surface area contributed by atoms with Crippen LogP contribution in [-0.2, 0) is 4.79 Å². The molecule has 1 aliphatic rings. The lowest BCUT2D eigenvalue weighted by Crippen LogP contribution is -2.44. The van der Waals surface area contributed by atoms with Gasteiger partial charge in [0.2, 0.25) is 6.10 Å². The number of carbonyl (C=O) groups excluding carboxylic acids is 1. The number of nitriles is 1. The fourth-order valence-electron chi connectivity index (χ4n) is 1.80. The fraction of sp³-hybridized carbons (Fsp3) is 0.429. The van der Waals surface area contributed by atoms with E-state index < -0.39 is 6.10 Å². The molecule has 1 amide bonds. The van der Waals surface area contributed by atoms with Gasteiger partial charge in [0.1, 0.15) is 6.61 Å². The van der Waals surface area contributed by atoms with Crippen LogP contribution in [-0.4, -0.2) is 25.2 Å². The smallest absolute Gasteiger partial charge is 0.264 e. The van der Waals surface area contributed by atoms with Crippen molar-refractivity contribution in [1.82, 2.24) is 5.32 Å². The number of unbranched alkanes of at least 4 members (excludes halogenated alkanes) is 2. The number of rotatable bonds is 5. The van der Waals surface area contributed by atoms with Gasteiger partial charge in [0.25, 0.3) is 5.91 Å². The van der Waals surface area contributed by atoms with Crippen LogP contribution < -0.4 is 14.8 Å². The highest BCUT2D eigenvalue weighted by atomic mass is 16.6.